The second kappa shape index (κ2) is 26.8. The quantitative estimate of drug-likeness (QED) is 0.0330. The Morgan fingerprint density at radius 1 is 0.831 bits per heavy atom. The molecule has 1 aromatic heterocycles. The van der Waals surface area contributed by atoms with Crippen LogP contribution in [0, 0.1) is 5.92 Å². The third-order valence-electron chi connectivity index (χ3n) is 17.2. The Morgan fingerprint density at radius 2 is 1.54 bits per heavy atom. The molecule has 3 aromatic carbocycles. The topological polar surface area (TPSA) is 327 Å². The average Bonchev–Trinajstić information content (AvgIpc) is 1.76. The van der Waals surface area contributed by atoms with E-state index in [1.54, 1.807) is 12.1 Å². The maximum Gasteiger partial charge on any atom is 0.399 e. The Kier molecular flexibility index (Phi) is 19.8. The first kappa shape index (κ1) is 65.8. The number of carbonyl (C=O) groups excluding carboxylic acids is 10. The lowest BCUT2D eigenvalue weighted by atomic mass is 9.86. The van der Waals surface area contributed by atoms with Gasteiger partial charge in [-0.3, -0.25) is 67.6 Å². The fourth-order valence-corrected chi connectivity index (χ4v) is 13.8. The van der Waals surface area contributed by atoms with Gasteiger partial charge in [-0.2, -0.15) is 8.78 Å². The lowest BCUT2D eigenvalue weighted by molar-refractivity contribution is -0.144. The first-order chi connectivity index (χ1) is 42.0. The molecule has 0 aliphatic carbocycles. The van der Waals surface area contributed by atoms with Crippen molar-refractivity contribution in [3.8, 4) is 0 Å². The SMILES string of the molecule is CC(C)(C)c1ccc(CC(NC(=O)C(CCC(N)=O)NC(=O)[C@@H]2CC[C@@H]3CCN(CC(F)F)C[C@H](NC(=O)c4cc5cc(C(F)(F)P(=O)(O)O)ccc5s4)C(=O)N32)C(=O)NCCC2CCN(c3cccc4c3C(=O)N(C3CCC(=O)NC3=O)C4=O)CC2)cc1. The molecular weight excluding hydrogens is 1210 g/mol. The number of hydrogen-bond donors (Lipinski definition) is 8. The van der Waals surface area contributed by atoms with E-state index in [4.69, 9.17) is 5.73 Å². The molecule has 9 N–H and O–H groups in total. The number of amides is 10. The number of halogens is 4. The molecule has 6 heterocycles. The standard InChI is InChI=1S/C60H71F4N10O13PS/c1-59(2,3)35-9-7-33(8-10-35)27-40(51(77)66-23-19-32-20-25-72(26-21-32)42-6-4-5-38-50(42)58(84)74(56(38)82)44-15-18-49(76)70-54(44)80)68-52(78)39(13-17-48(65)75)67-53(79)43-14-12-37-22-24-71(31-47(61)62)30-41(57(83)73(37)43)69-55(81)46-29-34-28-36(11-16-45(34)89-46)60(63,64)88(85,86)87/h4-11,16,28-29,32,37,39-41,43-44,47H,12-15,17-27,30-31H2,1-3H3,(H2,65,75)(H,66,77)(H,67,79)(H,68,78)(H,69,81)(H,70,76,80)(H2,85,86,87)/t37-,39?,40?,41+,43+,44?/m1/s1. The molecule has 4 saturated heterocycles. The van der Waals surface area contributed by atoms with Crippen molar-refractivity contribution in [2.24, 2.45) is 11.7 Å². The fraction of sp³-hybridized carbons (Fsp3) is 0.500. The zero-order chi connectivity index (χ0) is 64.4. The van der Waals surface area contributed by atoms with Gasteiger partial charge in [-0.05, 0) is 110 Å². The van der Waals surface area contributed by atoms with Crippen molar-refractivity contribution >= 4 is 93.8 Å². The van der Waals surface area contributed by atoms with Gasteiger partial charge in [0, 0.05) is 68.3 Å². The fourth-order valence-electron chi connectivity index (χ4n) is 12.3. The molecule has 0 spiro atoms. The van der Waals surface area contributed by atoms with Gasteiger partial charge in [-0.15, -0.1) is 11.3 Å². The van der Waals surface area contributed by atoms with E-state index >= 15 is 0 Å². The van der Waals surface area contributed by atoms with Gasteiger partial charge in [-0.1, -0.05) is 57.2 Å². The summed E-state index contributed by atoms with van der Waals surface area (Å²) in [6.07, 6.45) is -1.33. The van der Waals surface area contributed by atoms with Crippen LogP contribution in [0.5, 0.6) is 0 Å². The lowest BCUT2D eigenvalue weighted by Gasteiger charge is -2.38. The number of imide groups is 2. The molecule has 478 valence electrons. The minimum Gasteiger partial charge on any atom is -0.371 e. The first-order valence-corrected chi connectivity index (χ1v) is 31.9. The molecule has 4 aromatic rings. The highest BCUT2D eigenvalue weighted by molar-refractivity contribution is 7.52. The second-order valence-electron chi connectivity index (χ2n) is 24.3. The van der Waals surface area contributed by atoms with Crippen molar-refractivity contribution < 1.29 is 79.9 Å². The van der Waals surface area contributed by atoms with E-state index in [1.165, 1.54) is 21.9 Å². The van der Waals surface area contributed by atoms with Crippen LogP contribution < -0.4 is 37.2 Å². The minimum absolute atomic E-state index is 0.00217. The number of rotatable bonds is 21. The van der Waals surface area contributed by atoms with Crippen molar-refractivity contribution in [3.63, 3.8) is 0 Å². The van der Waals surface area contributed by atoms with E-state index in [2.05, 4.69) is 26.6 Å². The van der Waals surface area contributed by atoms with Gasteiger partial charge in [0.2, 0.25) is 41.4 Å². The van der Waals surface area contributed by atoms with E-state index in [0.717, 1.165) is 40.0 Å². The van der Waals surface area contributed by atoms with Gasteiger partial charge >= 0.3 is 13.3 Å². The molecular formula is C60H71F4N10O13PS. The number of primary amides is 1. The zero-order valence-corrected chi connectivity index (χ0v) is 50.8. The third-order valence-corrected chi connectivity index (χ3v) is 19.3. The summed E-state index contributed by atoms with van der Waals surface area (Å²) in [5.74, 6) is -7.08. The van der Waals surface area contributed by atoms with Gasteiger partial charge in [0.05, 0.1) is 28.2 Å². The number of nitrogens with two attached hydrogens (primary N) is 1. The maximum atomic E-state index is 14.7. The smallest absolute Gasteiger partial charge is 0.371 e. The number of thiophene rings is 1. The summed E-state index contributed by atoms with van der Waals surface area (Å²) in [5, 5.41) is 13.2. The van der Waals surface area contributed by atoms with Gasteiger partial charge in [-0.25, -0.2) is 8.78 Å². The molecule has 0 saturated carbocycles. The van der Waals surface area contributed by atoms with Gasteiger partial charge < -0.3 is 46.6 Å². The van der Waals surface area contributed by atoms with Crippen LogP contribution in [-0.4, -0.2) is 166 Å². The molecule has 0 radical (unpaired) electrons. The van der Waals surface area contributed by atoms with E-state index in [-0.39, 0.29) is 102 Å². The van der Waals surface area contributed by atoms with E-state index in [9.17, 15) is 79.9 Å². The monoisotopic (exact) mass is 1280 g/mol. The number of benzene rings is 3. The Balaban J connectivity index is 0.872. The van der Waals surface area contributed by atoms with E-state index in [1.807, 2.05) is 49.9 Å². The molecule has 5 aliphatic rings. The van der Waals surface area contributed by atoms with Crippen molar-refractivity contribution in [3.05, 3.63) is 99.4 Å². The molecule has 0 bridgehead atoms. The summed E-state index contributed by atoms with van der Waals surface area (Å²) >= 11 is 0.805. The van der Waals surface area contributed by atoms with Crippen LogP contribution in [0.4, 0.5) is 23.2 Å². The molecule has 5 aliphatic heterocycles. The molecule has 10 amide bonds. The van der Waals surface area contributed by atoms with Crippen LogP contribution >= 0.6 is 18.9 Å². The van der Waals surface area contributed by atoms with Crippen LogP contribution in [0.3, 0.4) is 0 Å². The number of hydrogen-bond acceptors (Lipinski definition) is 14. The van der Waals surface area contributed by atoms with Gasteiger partial charge in [0.1, 0.15) is 30.2 Å². The molecule has 4 fully saturated rings. The Morgan fingerprint density at radius 3 is 2.20 bits per heavy atom. The van der Waals surface area contributed by atoms with Crippen molar-refractivity contribution in [2.75, 3.05) is 44.2 Å². The lowest BCUT2D eigenvalue weighted by Crippen LogP contribution is -2.62. The summed E-state index contributed by atoms with van der Waals surface area (Å²) in [5.41, 5.74) is 2.39. The number of alkyl halides is 4. The van der Waals surface area contributed by atoms with Crippen LogP contribution in [0.15, 0.2) is 66.7 Å². The molecule has 9 rings (SSSR count). The number of piperidine rings is 2. The summed E-state index contributed by atoms with van der Waals surface area (Å²) in [7, 11) is -5.94. The summed E-state index contributed by atoms with van der Waals surface area (Å²) in [6.45, 7) is 6.13. The molecule has 23 nitrogen and oxygen atoms in total. The Hall–Kier alpha value is -7.65. The van der Waals surface area contributed by atoms with Gasteiger partial charge in [0.25, 0.3) is 24.1 Å². The van der Waals surface area contributed by atoms with Crippen LogP contribution in [-0.2, 0) is 55.6 Å². The molecule has 3 unspecified atom stereocenters. The van der Waals surface area contributed by atoms with E-state index < -0.39 is 134 Å². The highest BCUT2D eigenvalue weighted by Gasteiger charge is 2.51. The van der Waals surface area contributed by atoms with Crippen LogP contribution in [0.25, 0.3) is 10.1 Å². The number of nitrogens with zero attached hydrogens (tertiary/aromatic N) is 4. The minimum atomic E-state index is -5.94. The van der Waals surface area contributed by atoms with Crippen molar-refractivity contribution in [1.82, 2.24) is 41.3 Å². The summed E-state index contributed by atoms with van der Waals surface area (Å²) in [4.78, 5) is 160. The molecule has 6 atom stereocenters. The van der Waals surface area contributed by atoms with Crippen LogP contribution in [0.2, 0.25) is 0 Å². The first-order valence-electron chi connectivity index (χ1n) is 29.5. The average molecular weight is 1280 g/mol. The number of carbonyl (C=O) groups is 10. The highest BCUT2D eigenvalue weighted by Crippen LogP contribution is 2.59. The maximum absolute atomic E-state index is 14.7. The largest absolute Gasteiger partial charge is 0.399 e. The number of fused-ring (bicyclic) bond motifs is 3. The number of anilines is 1. The summed E-state index contributed by atoms with van der Waals surface area (Å²) in [6, 6.07) is 9.04. The predicted molar refractivity (Wildman–Crippen MR) is 317 cm³/mol. The summed E-state index contributed by atoms with van der Waals surface area (Å²) < 4.78 is 69.0. The second-order valence-corrected chi connectivity index (χ2v) is 27.1. The molecule has 29 heteroatoms. The highest BCUT2D eigenvalue weighted by atomic mass is 32.1. The van der Waals surface area contributed by atoms with Crippen molar-refractivity contribution in [2.45, 2.75) is 145 Å². The zero-order valence-electron chi connectivity index (χ0n) is 49.1. The predicted octanol–water partition coefficient (Wildman–Crippen LogP) is 4.16. The third kappa shape index (κ3) is 14.8. The number of nitrogens with one attached hydrogen (secondary N) is 5. The normalized spacial score (nSPS) is 21.2. The van der Waals surface area contributed by atoms with Crippen LogP contribution in [0.1, 0.15) is 132 Å². The molecule has 89 heavy (non-hydrogen) atoms. The van der Waals surface area contributed by atoms with Gasteiger partial charge in [0.15, 0.2) is 0 Å². The Labute approximate surface area is 513 Å². The van der Waals surface area contributed by atoms with Crippen molar-refractivity contribution in [1.29, 1.82) is 0 Å². The Bertz CT molecular complexity index is 3500. The van der Waals surface area contributed by atoms with E-state index in [0.29, 0.717) is 43.6 Å².